The van der Waals surface area contributed by atoms with Gasteiger partial charge in [0.15, 0.2) is 0 Å². The van der Waals surface area contributed by atoms with Crippen molar-refractivity contribution in [2.24, 2.45) is 4.99 Å². The number of hydrogen-bond donors (Lipinski definition) is 0. The van der Waals surface area contributed by atoms with Crippen molar-refractivity contribution in [3.8, 4) is 0 Å². The van der Waals surface area contributed by atoms with Gasteiger partial charge in [0.2, 0.25) is 0 Å². The molecular formula is C18H16ClFN2O. The van der Waals surface area contributed by atoms with Crippen molar-refractivity contribution < 1.29 is 9.18 Å². The van der Waals surface area contributed by atoms with E-state index in [9.17, 15) is 9.18 Å². The van der Waals surface area contributed by atoms with Crippen LogP contribution in [0, 0.1) is 0 Å². The molecule has 3 rings (SSSR count). The molecular weight excluding hydrogens is 315 g/mol. The zero-order valence-electron chi connectivity index (χ0n) is 12.8. The molecule has 1 unspecified atom stereocenters. The number of anilines is 1. The lowest BCUT2D eigenvalue weighted by Crippen LogP contribution is -2.41. The topological polar surface area (TPSA) is 32.7 Å². The highest BCUT2D eigenvalue weighted by Crippen LogP contribution is 2.32. The summed E-state index contributed by atoms with van der Waals surface area (Å²) < 4.78 is 14.4. The molecule has 0 fully saturated rings. The first kappa shape index (κ1) is 15.7. The van der Waals surface area contributed by atoms with Crippen molar-refractivity contribution in [2.75, 3.05) is 4.90 Å². The number of carbonyl (C=O) groups excluding carboxylic acids is 1. The van der Waals surface area contributed by atoms with E-state index in [1.807, 2.05) is 44.2 Å². The van der Waals surface area contributed by atoms with E-state index in [4.69, 9.17) is 11.6 Å². The fourth-order valence-corrected chi connectivity index (χ4v) is 2.91. The molecule has 3 nitrogen and oxygen atoms in total. The molecule has 1 aliphatic rings. The fourth-order valence-electron chi connectivity index (χ4n) is 2.74. The Balaban J connectivity index is 2.28. The maximum Gasteiger partial charge on any atom is 0.284 e. The largest absolute Gasteiger partial charge is 0.305 e. The van der Waals surface area contributed by atoms with Gasteiger partial charge in [-0.2, -0.15) is 0 Å². The second-order valence-corrected chi connectivity index (χ2v) is 6.08. The predicted octanol–water partition coefficient (Wildman–Crippen LogP) is 4.23. The first-order valence-corrected chi connectivity index (χ1v) is 7.77. The van der Waals surface area contributed by atoms with E-state index < -0.39 is 12.2 Å². The number of rotatable bonds is 2. The van der Waals surface area contributed by atoms with E-state index in [2.05, 4.69) is 4.99 Å². The van der Waals surface area contributed by atoms with Crippen molar-refractivity contribution in [1.29, 1.82) is 0 Å². The van der Waals surface area contributed by atoms with Gasteiger partial charge >= 0.3 is 0 Å². The first-order valence-electron chi connectivity index (χ1n) is 7.39. The van der Waals surface area contributed by atoms with Gasteiger partial charge in [-0.3, -0.25) is 4.79 Å². The third-order valence-corrected chi connectivity index (χ3v) is 3.96. The lowest BCUT2D eigenvalue weighted by Gasteiger charge is -2.27. The van der Waals surface area contributed by atoms with Gasteiger partial charge in [-0.1, -0.05) is 41.9 Å². The number of hydrogen-bond acceptors (Lipinski definition) is 2. The summed E-state index contributed by atoms with van der Waals surface area (Å²) >= 11 is 6.13. The highest BCUT2D eigenvalue weighted by molar-refractivity contribution is 6.32. The Labute approximate surface area is 139 Å². The maximum absolute atomic E-state index is 14.4. The minimum absolute atomic E-state index is 0.189. The van der Waals surface area contributed by atoms with Crippen LogP contribution in [-0.2, 0) is 4.79 Å². The van der Waals surface area contributed by atoms with Gasteiger partial charge in [-0.15, -0.1) is 0 Å². The van der Waals surface area contributed by atoms with Gasteiger partial charge in [-0.25, -0.2) is 9.38 Å². The molecule has 0 saturated heterocycles. The maximum atomic E-state index is 14.4. The van der Waals surface area contributed by atoms with E-state index in [-0.39, 0.29) is 6.04 Å². The van der Waals surface area contributed by atoms with Crippen molar-refractivity contribution in [2.45, 2.75) is 26.2 Å². The summed E-state index contributed by atoms with van der Waals surface area (Å²) in [6, 6.07) is 14.2. The van der Waals surface area contributed by atoms with E-state index in [0.29, 0.717) is 22.0 Å². The second-order valence-electron chi connectivity index (χ2n) is 5.64. The van der Waals surface area contributed by atoms with E-state index in [1.165, 1.54) is 4.90 Å². The average Bonchev–Trinajstić information content (AvgIpc) is 2.64. The Morgan fingerprint density at radius 2 is 1.87 bits per heavy atom. The Morgan fingerprint density at radius 3 is 2.52 bits per heavy atom. The monoisotopic (exact) mass is 330 g/mol. The van der Waals surface area contributed by atoms with Crippen molar-refractivity contribution in [1.82, 2.24) is 0 Å². The smallest absolute Gasteiger partial charge is 0.284 e. The summed E-state index contributed by atoms with van der Waals surface area (Å²) in [4.78, 5) is 17.9. The van der Waals surface area contributed by atoms with Crippen LogP contribution >= 0.6 is 11.6 Å². The molecule has 0 bridgehead atoms. The summed E-state index contributed by atoms with van der Waals surface area (Å²) in [7, 11) is 0. The SMILES string of the molecule is CC(C)N1C(=O)C(F)N=C(c2ccccc2)c2cc(Cl)ccc21. The Hall–Kier alpha value is -2.20. The predicted molar refractivity (Wildman–Crippen MR) is 91.1 cm³/mol. The van der Waals surface area contributed by atoms with Crippen LogP contribution in [0.15, 0.2) is 53.5 Å². The highest BCUT2D eigenvalue weighted by atomic mass is 35.5. The zero-order chi connectivity index (χ0) is 16.6. The molecule has 1 atom stereocenters. The van der Waals surface area contributed by atoms with E-state index in [0.717, 1.165) is 5.56 Å². The number of alkyl halides is 1. The summed E-state index contributed by atoms with van der Waals surface area (Å²) in [6.45, 7) is 3.69. The normalized spacial score (nSPS) is 17.8. The summed E-state index contributed by atoms with van der Waals surface area (Å²) in [5.41, 5.74) is 2.47. The number of fused-ring (bicyclic) bond motifs is 1. The zero-order valence-corrected chi connectivity index (χ0v) is 13.6. The van der Waals surface area contributed by atoms with Gasteiger partial charge < -0.3 is 4.90 Å². The summed E-state index contributed by atoms with van der Waals surface area (Å²) in [5.74, 6) is -0.658. The molecule has 0 aromatic heterocycles. The minimum atomic E-state index is -1.93. The van der Waals surface area contributed by atoms with Gasteiger partial charge in [0.25, 0.3) is 12.2 Å². The molecule has 0 N–H and O–H groups in total. The summed E-state index contributed by atoms with van der Waals surface area (Å²) in [5, 5.41) is 0.515. The van der Waals surface area contributed by atoms with E-state index in [1.54, 1.807) is 18.2 Å². The molecule has 1 amide bonds. The molecule has 2 aromatic rings. The number of amides is 1. The Kier molecular flexibility index (Phi) is 4.18. The number of benzene rings is 2. The summed E-state index contributed by atoms with van der Waals surface area (Å²) in [6.07, 6.45) is -1.93. The van der Waals surface area contributed by atoms with Gasteiger partial charge in [0.1, 0.15) is 0 Å². The van der Waals surface area contributed by atoms with Crippen LogP contribution in [0.5, 0.6) is 0 Å². The lowest BCUT2D eigenvalue weighted by molar-refractivity contribution is -0.123. The molecule has 2 aromatic carbocycles. The van der Waals surface area contributed by atoms with Crippen LogP contribution in [0.25, 0.3) is 0 Å². The third kappa shape index (κ3) is 2.86. The Bertz CT molecular complexity index is 774. The van der Waals surface area contributed by atoms with Gasteiger partial charge in [-0.05, 0) is 32.0 Å². The van der Waals surface area contributed by atoms with Gasteiger partial charge in [0.05, 0.1) is 11.4 Å². The van der Waals surface area contributed by atoms with Crippen LogP contribution in [-0.4, -0.2) is 24.0 Å². The van der Waals surface area contributed by atoms with Crippen LogP contribution < -0.4 is 4.90 Å². The molecule has 0 aliphatic carbocycles. The van der Waals surface area contributed by atoms with Crippen LogP contribution in [0.1, 0.15) is 25.0 Å². The van der Waals surface area contributed by atoms with E-state index >= 15 is 0 Å². The molecule has 0 saturated carbocycles. The first-order chi connectivity index (χ1) is 11.0. The Morgan fingerprint density at radius 1 is 1.17 bits per heavy atom. The van der Waals surface area contributed by atoms with Crippen molar-refractivity contribution >= 4 is 28.9 Å². The van der Waals surface area contributed by atoms with Gasteiger partial charge in [0, 0.05) is 22.2 Å². The van der Waals surface area contributed by atoms with Crippen LogP contribution in [0.2, 0.25) is 5.02 Å². The number of nitrogens with zero attached hydrogens (tertiary/aromatic N) is 2. The third-order valence-electron chi connectivity index (χ3n) is 3.72. The molecule has 118 valence electrons. The molecule has 1 aliphatic heterocycles. The molecule has 1 heterocycles. The molecule has 0 spiro atoms. The average molecular weight is 331 g/mol. The molecule has 0 radical (unpaired) electrons. The van der Waals surface area contributed by atoms with Crippen LogP contribution in [0.4, 0.5) is 10.1 Å². The minimum Gasteiger partial charge on any atom is -0.305 e. The van der Waals surface area contributed by atoms with Crippen molar-refractivity contribution in [3.05, 3.63) is 64.7 Å². The number of aliphatic imine (C=N–C) groups is 1. The number of carbonyl (C=O) groups is 1. The van der Waals surface area contributed by atoms with Crippen molar-refractivity contribution in [3.63, 3.8) is 0 Å². The number of benzodiazepines with no additional fused rings is 1. The standard InChI is InChI=1S/C18H16ClFN2O/c1-11(2)22-15-9-8-13(19)10-14(15)16(21-17(20)18(22)23)12-6-4-3-5-7-12/h3-11,17H,1-2H3. The highest BCUT2D eigenvalue weighted by Gasteiger charge is 2.33. The fraction of sp³-hybridized carbons (Fsp3) is 0.222. The second kappa shape index (κ2) is 6.13. The quantitative estimate of drug-likeness (QED) is 0.758. The molecule has 23 heavy (non-hydrogen) atoms. The molecule has 5 heteroatoms. The number of halogens is 2. The van der Waals surface area contributed by atoms with Crippen LogP contribution in [0.3, 0.4) is 0 Å². The lowest BCUT2D eigenvalue weighted by atomic mass is 10.00.